The zero-order chi connectivity index (χ0) is 13.3. The molecule has 1 aromatic heterocycles. The quantitative estimate of drug-likeness (QED) is 0.922. The van der Waals surface area contributed by atoms with Crippen LogP contribution in [0.5, 0.6) is 5.75 Å². The molecule has 0 aliphatic heterocycles. The Morgan fingerprint density at radius 1 is 1.33 bits per heavy atom. The van der Waals surface area contributed by atoms with Gasteiger partial charge in [-0.15, -0.1) is 0 Å². The van der Waals surface area contributed by atoms with Gasteiger partial charge in [-0.25, -0.2) is 4.79 Å². The second-order valence-corrected chi connectivity index (χ2v) is 4.45. The van der Waals surface area contributed by atoms with E-state index < -0.39 is 5.97 Å². The van der Waals surface area contributed by atoms with Gasteiger partial charge in [0.1, 0.15) is 11.4 Å². The number of hydrogen-bond acceptors (Lipinski definition) is 5. The van der Waals surface area contributed by atoms with E-state index in [1.807, 2.05) is 26.0 Å². The van der Waals surface area contributed by atoms with Crippen molar-refractivity contribution in [3.05, 3.63) is 29.0 Å². The number of benzene rings is 1. The topological polar surface area (TPSA) is 72.3 Å². The third-order valence-corrected chi connectivity index (χ3v) is 3.12. The Balaban J connectivity index is 2.70. The van der Waals surface area contributed by atoms with Crippen LogP contribution >= 0.6 is 11.7 Å². The monoisotopic (exact) mass is 264 g/mol. The molecule has 0 radical (unpaired) electrons. The van der Waals surface area contributed by atoms with E-state index in [2.05, 4.69) is 8.75 Å². The van der Waals surface area contributed by atoms with Crippen LogP contribution in [-0.4, -0.2) is 26.9 Å². The lowest BCUT2D eigenvalue weighted by molar-refractivity contribution is 0.0692. The molecule has 0 unspecified atom stereocenters. The Labute approximate surface area is 108 Å². The summed E-state index contributed by atoms with van der Waals surface area (Å²) in [6.45, 7) is 3.85. The molecule has 2 rings (SSSR count). The maximum atomic E-state index is 11.1. The van der Waals surface area contributed by atoms with E-state index in [4.69, 9.17) is 9.84 Å². The van der Waals surface area contributed by atoms with Gasteiger partial charge in [-0.05, 0) is 31.0 Å². The molecule has 0 fully saturated rings. The molecule has 1 heterocycles. The number of carboxylic acids is 1. The van der Waals surface area contributed by atoms with Crippen molar-refractivity contribution in [3.8, 4) is 17.0 Å². The first-order valence-corrected chi connectivity index (χ1v) is 5.99. The lowest BCUT2D eigenvalue weighted by atomic mass is 10.0. The molecule has 6 heteroatoms. The Morgan fingerprint density at radius 3 is 2.67 bits per heavy atom. The molecule has 0 aliphatic rings. The fourth-order valence-corrected chi connectivity index (χ4v) is 2.43. The fraction of sp³-hybridized carbons (Fsp3) is 0.250. The number of aromatic carboxylic acids is 1. The molecule has 0 spiro atoms. The highest BCUT2D eigenvalue weighted by molar-refractivity contribution is 6.99. The predicted molar refractivity (Wildman–Crippen MR) is 68.3 cm³/mol. The van der Waals surface area contributed by atoms with Crippen molar-refractivity contribution in [1.82, 2.24) is 8.75 Å². The molecule has 18 heavy (non-hydrogen) atoms. The molecule has 0 bridgehead atoms. The van der Waals surface area contributed by atoms with Gasteiger partial charge in [0, 0.05) is 5.56 Å². The van der Waals surface area contributed by atoms with Gasteiger partial charge >= 0.3 is 5.97 Å². The minimum absolute atomic E-state index is 0.0368. The zero-order valence-corrected chi connectivity index (χ0v) is 11.0. The van der Waals surface area contributed by atoms with Gasteiger partial charge in [-0.2, -0.15) is 8.75 Å². The molecular weight excluding hydrogens is 252 g/mol. The van der Waals surface area contributed by atoms with Crippen LogP contribution in [0.15, 0.2) is 12.1 Å². The van der Waals surface area contributed by atoms with Gasteiger partial charge in [0.2, 0.25) is 0 Å². The van der Waals surface area contributed by atoms with Gasteiger partial charge < -0.3 is 9.84 Å². The second kappa shape index (κ2) is 4.73. The number of ether oxygens (including phenoxy) is 1. The Hall–Kier alpha value is -1.95. The molecule has 1 aromatic carbocycles. The van der Waals surface area contributed by atoms with Gasteiger partial charge in [-0.3, -0.25) is 0 Å². The van der Waals surface area contributed by atoms with E-state index in [-0.39, 0.29) is 5.69 Å². The van der Waals surface area contributed by atoms with Crippen LogP contribution in [0.25, 0.3) is 11.3 Å². The maximum Gasteiger partial charge on any atom is 0.357 e. The highest BCUT2D eigenvalue weighted by Gasteiger charge is 2.21. The molecular formula is C12H12N2O3S. The Bertz CT molecular complexity index is 607. The largest absolute Gasteiger partial charge is 0.496 e. The molecule has 94 valence electrons. The Kier molecular flexibility index (Phi) is 3.29. The first kappa shape index (κ1) is 12.5. The van der Waals surface area contributed by atoms with Crippen molar-refractivity contribution in [2.24, 2.45) is 0 Å². The third kappa shape index (κ3) is 2.06. The first-order chi connectivity index (χ1) is 8.54. The van der Waals surface area contributed by atoms with Crippen LogP contribution in [0.4, 0.5) is 0 Å². The van der Waals surface area contributed by atoms with E-state index in [0.717, 1.165) is 22.9 Å². The summed E-state index contributed by atoms with van der Waals surface area (Å²) in [5.41, 5.74) is 2.98. The molecule has 2 aromatic rings. The number of methoxy groups -OCH3 is 1. The molecule has 5 nitrogen and oxygen atoms in total. The number of hydrogen-bond donors (Lipinski definition) is 1. The number of aryl methyl sites for hydroxylation is 2. The number of rotatable bonds is 3. The van der Waals surface area contributed by atoms with Crippen LogP contribution in [0.3, 0.4) is 0 Å². The third-order valence-electron chi connectivity index (χ3n) is 2.59. The first-order valence-electron chi connectivity index (χ1n) is 5.26. The number of carbonyl (C=O) groups is 1. The van der Waals surface area contributed by atoms with Crippen LogP contribution in [-0.2, 0) is 0 Å². The maximum absolute atomic E-state index is 11.1. The van der Waals surface area contributed by atoms with Crippen LogP contribution in [0.2, 0.25) is 0 Å². The SMILES string of the molecule is COc1cc(C)cc(C)c1-c1nsnc1C(=O)O. The molecule has 0 saturated carbocycles. The predicted octanol–water partition coefficient (Wildman–Crippen LogP) is 2.53. The minimum Gasteiger partial charge on any atom is -0.496 e. The smallest absolute Gasteiger partial charge is 0.357 e. The summed E-state index contributed by atoms with van der Waals surface area (Å²) in [6, 6.07) is 3.82. The summed E-state index contributed by atoms with van der Waals surface area (Å²) in [7, 11) is 1.55. The zero-order valence-electron chi connectivity index (χ0n) is 10.2. The summed E-state index contributed by atoms with van der Waals surface area (Å²) in [5.74, 6) is -0.469. The van der Waals surface area contributed by atoms with Gasteiger partial charge in [0.15, 0.2) is 5.69 Å². The molecule has 0 aliphatic carbocycles. The van der Waals surface area contributed by atoms with E-state index >= 15 is 0 Å². The minimum atomic E-state index is -1.08. The lowest BCUT2D eigenvalue weighted by Crippen LogP contribution is -2.01. The van der Waals surface area contributed by atoms with E-state index in [1.54, 1.807) is 7.11 Å². The summed E-state index contributed by atoms with van der Waals surface area (Å²) < 4.78 is 13.2. The van der Waals surface area contributed by atoms with E-state index in [9.17, 15) is 4.79 Å². The molecule has 0 amide bonds. The summed E-state index contributed by atoms with van der Waals surface area (Å²) >= 11 is 0.885. The van der Waals surface area contributed by atoms with Crippen molar-refractivity contribution < 1.29 is 14.6 Å². The highest BCUT2D eigenvalue weighted by atomic mass is 32.1. The average molecular weight is 264 g/mol. The molecule has 0 atom stereocenters. The van der Waals surface area contributed by atoms with Gasteiger partial charge in [0.25, 0.3) is 0 Å². The van der Waals surface area contributed by atoms with Gasteiger partial charge in [0.05, 0.1) is 18.8 Å². The van der Waals surface area contributed by atoms with Gasteiger partial charge in [-0.1, -0.05) is 6.07 Å². The second-order valence-electron chi connectivity index (χ2n) is 3.93. The fourth-order valence-electron chi connectivity index (χ4n) is 1.89. The standard InChI is InChI=1S/C12H12N2O3S/c1-6-4-7(2)9(8(5-6)17-3)10-11(12(15)16)14-18-13-10/h4-5H,1-3H3,(H,15,16). The van der Waals surface area contributed by atoms with Crippen molar-refractivity contribution >= 4 is 17.7 Å². The van der Waals surface area contributed by atoms with Crippen molar-refractivity contribution in [1.29, 1.82) is 0 Å². The summed E-state index contributed by atoms with van der Waals surface area (Å²) in [6.07, 6.45) is 0. The number of aromatic nitrogens is 2. The normalized spacial score (nSPS) is 10.4. The number of nitrogens with zero attached hydrogens (tertiary/aromatic N) is 2. The lowest BCUT2D eigenvalue weighted by Gasteiger charge is -2.11. The van der Waals surface area contributed by atoms with Crippen molar-refractivity contribution in [3.63, 3.8) is 0 Å². The average Bonchev–Trinajstić information content (AvgIpc) is 2.76. The van der Waals surface area contributed by atoms with Crippen LogP contribution in [0.1, 0.15) is 21.6 Å². The van der Waals surface area contributed by atoms with E-state index in [1.165, 1.54) is 0 Å². The number of carboxylic acid groups (broad SMARTS) is 1. The Morgan fingerprint density at radius 2 is 2.06 bits per heavy atom. The molecule has 1 N–H and O–H groups in total. The highest BCUT2D eigenvalue weighted by Crippen LogP contribution is 2.35. The van der Waals surface area contributed by atoms with Crippen LogP contribution < -0.4 is 4.74 Å². The summed E-state index contributed by atoms with van der Waals surface area (Å²) in [5, 5.41) is 9.09. The summed E-state index contributed by atoms with van der Waals surface area (Å²) in [4.78, 5) is 11.1. The van der Waals surface area contributed by atoms with Crippen molar-refractivity contribution in [2.45, 2.75) is 13.8 Å². The van der Waals surface area contributed by atoms with Crippen LogP contribution in [0, 0.1) is 13.8 Å². The van der Waals surface area contributed by atoms with Crippen molar-refractivity contribution in [2.75, 3.05) is 7.11 Å². The van der Waals surface area contributed by atoms with E-state index in [0.29, 0.717) is 17.0 Å². The molecule has 0 saturated heterocycles.